The largest absolute Gasteiger partial charge is 0.394 e. The molecule has 2 fully saturated rings. The average molecular weight is 492 g/mol. The van der Waals surface area contributed by atoms with Gasteiger partial charge in [-0.1, -0.05) is 5.21 Å². The summed E-state index contributed by atoms with van der Waals surface area (Å²) in [5.41, 5.74) is -2.34. The molecule has 0 saturated carbocycles. The summed E-state index contributed by atoms with van der Waals surface area (Å²) in [4.78, 5) is 13.2. The Bertz CT molecular complexity index is 1050. The van der Waals surface area contributed by atoms with E-state index < -0.39 is 73.0 Å². The van der Waals surface area contributed by atoms with E-state index in [1.165, 1.54) is 0 Å². The Morgan fingerprint density at radius 3 is 2.50 bits per heavy atom. The molecule has 0 bridgehead atoms. The number of nitrogens with zero attached hydrogens (tertiary/aromatic N) is 4. The number of hydrogen-bond donors (Lipinski definition) is 3. The molecule has 186 valence electrons. The highest BCUT2D eigenvalue weighted by Gasteiger charge is 2.60. The lowest BCUT2D eigenvalue weighted by molar-refractivity contribution is -0.311. The maximum atomic E-state index is 13.6. The minimum atomic E-state index is -2.95. The normalized spacial score (nSPS) is 29.9. The summed E-state index contributed by atoms with van der Waals surface area (Å²) in [5, 5.41) is 39.2. The molecule has 0 radical (unpaired) electrons. The summed E-state index contributed by atoms with van der Waals surface area (Å²) in [6, 6.07) is -0.106. The molecule has 2 aliphatic heterocycles. The first kappa shape index (κ1) is 24.4. The molecule has 5 atom stereocenters. The molecule has 1 spiro atoms. The van der Waals surface area contributed by atoms with Crippen LogP contribution in [0.5, 0.6) is 0 Å². The van der Waals surface area contributed by atoms with Gasteiger partial charge >= 0.3 is 0 Å². The molecular weight excluding hydrogens is 471 g/mol. The van der Waals surface area contributed by atoms with Gasteiger partial charge in [-0.2, -0.15) is 0 Å². The number of aliphatic hydroxyl groups excluding tert-OH is 3. The molecule has 1 aromatic heterocycles. The van der Waals surface area contributed by atoms with Gasteiger partial charge in [0.1, 0.15) is 30.0 Å². The SMILES string of the molecule is O=C1CCCC2(O[C@H](CO)[C@H](O)[C@H](n3cc(-c4cc(F)c(F)c(F)c4)nn3)[C@H]2O)N1CC(F)F. The van der Waals surface area contributed by atoms with Gasteiger partial charge in [0, 0.05) is 12.0 Å². The number of rotatable bonds is 5. The van der Waals surface area contributed by atoms with Gasteiger partial charge in [-0.3, -0.25) is 4.79 Å². The Balaban J connectivity index is 1.75. The number of piperidine rings is 1. The zero-order valence-corrected chi connectivity index (χ0v) is 17.5. The average Bonchev–Trinajstić information content (AvgIpc) is 3.26. The van der Waals surface area contributed by atoms with Crippen LogP contribution in [0.15, 0.2) is 18.3 Å². The van der Waals surface area contributed by atoms with Crippen LogP contribution in [0.25, 0.3) is 11.3 Å². The number of aliphatic hydroxyl groups is 3. The second kappa shape index (κ2) is 9.17. The maximum Gasteiger partial charge on any atom is 0.256 e. The van der Waals surface area contributed by atoms with Gasteiger partial charge in [0.05, 0.1) is 19.3 Å². The molecule has 3 heterocycles. The Morgan fingerprint density at radius 2 is 1.88 bits per heavy atom. The lowest BCUT2D eigenvalue weighted by atomic mass is 9.82. The molecule has 34 heavy (non-hydrogen) atoms. The molecule has 2 aromatic rings. The zero-order valence-electron chi connectivity index (χ0n) is 17.5. The van der Waals surface area contributed by atoms with Gasteiger partial charge < -0.3 is 25.0 Å². The van der Waals surface area contributed by atoms with Crippen molar-refractivity contribution in [3.63, 3.8) is 0 Å². The highest BCUT2D eigenvalue weighted by atomic mass is 19.3. The number of carbonyl (C=O) groups is 1. The fourth-order valence-corrected chi connectivity index (χ4v) is 4.58. The van der Waals surface area contributed by atoms with E-state index in [1.807, 2.05) is 0 Å². The lowest BCUT2D eigenvalue weighted by Gasteiger charge is -2.56. The second-order valence-electron chi connectivity index (χ2n) is 8.20. The van der Waals surface area contributed by atoms with Crippen molar-refractivity contribution in [3.8, 4) is 11.3 Å². The Labute approximate surface area is 189 Å². The molecule has 3 N–H and O–H groups in total. The number of benzene rings is 1. The quantitative estimate of drug-likeness (QED) is 0.421. The van der Waals surface area contributed by atoms with E-state index in [-0.39, 0.29) is 30.5 Å². The molecule has 4 rings (SSSR count). The predicted molar refractivity (Wildman–Crippen MR) is 103 cm³/mol. The van der Waals surface area contributed by atoms with Crippen molar-refractivity contribution in [2.75, 3.05) is 13.2 Å². The summed E-state index contributed by atoms with van der Waals surface area (Å²) in [7, 11) is 0. The number of alkyl halides is 2. The Hall–Kier alpha value is -2.68. The standard InChI is InChI=1S/C20H21F5N4O5/c21-10-4-9(5-11(22)16(10)25)12-6-29(27-26-12)17-18(32)13(8-30)34-20(19(17)33)3-1-2-15(31)28(20)7-14(23)24/h4-6,13-14,17-19,30,32-33H,1-3,7-8H2/t13-,17+,18+,19-,20?/m1/s1. The van der Waals surface area contributed by atoms with Crippen LogP contribution in [0.4, 0.5) is 22.0 Å². The molecule has 9 nitrogen and oxygen atoms in total. The minimum absolute atomic E-state index is 0.0588. The van der Waals surface area contributed by atoms with Crippen molar-refractivity contribution in [2.24, 2.45) is 0 Å². The number of ether oxygens (including phenoxy) is 1. The fraction of sp³-hybridized carbons (Fsp3) is 0.550. The van der Waals surface area contributed by atoms with Crippen molar-refractivity contribution < 1.29 is 46.8 Å². The highest BCUT2D eigenvalue weighted by molar-refractivity contribution is 5.78. The van der Waals surface area contributed by atoms with Gasteiger partial charge in [0.15, 0.2) is 23.2 Å². The van der Waals surface area contributed by atoms with E-state index in [1.54, 1.807) is 0 Å². The number of carbonyl (C=O) groups excluding carboxylic acids is 1. The van der Waals surface area contributed by atoms with Crippen LogP contribution < -0.4 is 0 Å². The summed E-state index contributed by atoms with van der Waals surface area (Å²) >= 11 is 0. The van der Waals surface area contributed by atoms with E-state index in [0.29, 0.717) is 17.0 Å². The van der Waals surface area contributed by atoms with E-state index in [2.05, 4.69) is 10.3 Å². The first-order valence-electron chi connectivity index (χ1n) is 10.4. The smallest absolute Gasteiger partial charge is 0.256 e. The Kier molecular flexibility index (Phi) is 6.59. The molecule has 2 aliphatic rings. The van der Waals surface area contributed by atoms with Gasteiger partial charge in [-0.25, -0.2) is 26.6 Å². The molecule has 2 saturated heterocycles. The molecule has 1 amide bonds. The van der Waals surface area contributed by atoms with Crippen molar-refractivity contribution in [1.82, 2.24) is 19.9 Å². The van der Waals surface area contributed by atoms with Crippen LogP contribution in [0.3, 0.4) is 0 Å². The van der Waals surface area contributed by atoms with E-state index >= 15 is 0 Å². The van der Waals surface area contributed by atoms with E-state index in [4.69, 9.17) is 4.74 Å². The third kappa shape index (κ3) is 4.04. The Morgan fingerprint density at radius 1 is 1.21 bits per heavy atom. The summed E-state index contributed by atoms with van der Waals surface area (Å²) in [5.74, 6) is -5.33. The molecule has 1 aromatic carbocycles. The third-order valence-corrected chi connectivity index (χ3v) is 6.15. The zero-order chi connectivity index (χ0) is 24.8. The number of hydrogen-bond acceptors (Lipinski definition) is 7. The molecule has 1 unspecified atom stereocenters. The van der Waals surface area contributed by atoms with Crippen LogP contribution in [0, 0.1) is 17.5 Å². The highest BCUT2D eigenvalue weighted by Crippen LogP contribution is 2.44. The second-order valence-corrected chi connectivity index (χ2v) is 8.20. The number of halogens is 5. The number of amides is 1. The first-order valence-corrected chi connectivity index (χ1v) is 10.4. The predicted octanol–water partition coefficient (Wildman–Crippen LogP) is 0.990. The fourth-order valence-electron chi connectivity index (χ4n) is 4.58. The number of aromatic nitrogens is 3. The molecular formula is C20H21F5N4O5. The molecule has 14 heteroatoms. The van der Waals surface area contributed by atoms with Gasteiger partial charge in [-0.05, 0) is 25.0 Å². The van der Waals surface area contributed by atoms with Crippen molar-refractivity contribution in [3.05, 3.63) is 35.8 Å². The van der Waals surface area contributed by atoms with Crippen LogP contribution in [0.2, 0.25) is 0 Å². The van der Waals surface area contributed by atoms with Crippen molar-refractivity contribution >= 4 is 5.91 Å². The minimum Gasteiger partial charge on any atom is -0.394 e. The van der Waals surface area contributed by atoms with E-state index in [9.17, 15) is 42.1 Å². The van der Waals surface area contributed by atoms with Crippen molar-refractivity contribution in [1.29, 1.82) is 0 Å². The summed E-state index contributed by atoms with van der Waals surface area (Å²) < 4.78 is 73.7. The van der Waals surface area contributed by atoms with Gasteiger partial charge in [-0.15, -0.1) is 5.10 Å². The summed E-state index contributed by atoms with van der Waals surface area (Å²) in [6.45, 7) is -1.83. The van der Waals surface area contributed by atoms with Crippen molar-refractivity contribution in [2.45, 2.75) is 55.8 Å². The topological polar surface area (TPSA) is 121 Å². The monoisotopic (exact) mass is 492 g/mol. The van der Waals surface area contributed by atoms with Crippen LogP contribution in [-0.4, -0.2) is 84.7 Å². The molecule has 0 aliphatic carbocycles. The number of likely N-dealkylation sites (tertiary alicyclic amines) is 1. The van der Waals surface area contributed by atoms with Crippen LogP contribution >= 0.6 is 0 Å². The lowest BCUT2D eigenvalue weighted by Crippen LogP contribution is -2.72. The van der Waals surface area contributed by atoms with Crippen LogP contribution in [0.1, 0.15) is 25.3 Å². The maximum absolute atomic E-state index is 13.6. The summed E-state index contributed by atoms with van der Waals surface area (Å²) in [6.07, 6.45) is -6.62. The van der Waals surface area contributed by atoms with Gasteiger partial charge in [0.25, 0.3) is 6.43 Å². The van der Waals surface area contributed by atoms with E-state index in [0.717, 1.165) is 10.9 Å². The van der Waals surface area contributed by atoms with Gasteiger partial charge in [0.2, 0.25) is 5.91 Å². The third-order valence-electron chi connectivity index (χ3n) is 6.15. The van der Waals surface area contributed by atoms with Crippen LogP contribution in [-0.2, 0) is 9.53 Å². The first-order chi connectivity index (χ1) is 16.1.